The van der Waals surface area contributed by atoms with Crippen molar-refractivity contribution in [3.05, 3.63) is 34.6 Å². The van der Waals surface area contributed by atoms with Gasteiger partial charge in [0.25, 0.3) is 0 Å². The molecule has 0 aliphatic rings. The quantitative estimate of drug-likeness (QED) is 0.868. The zero-order valence-electron chi connectivity index (χ0n) is 8.04. The van der Waals surface area contributed by atoms with E-state index in [1.807, 2.05) is 0 Å². The van der Waals surface area contributed by atoms with E-state index >= 15 is 0 Å². The molecule has 0 bridgehead atoms. The van der Waals surface area contributed by atoms with Gasteiger partial charge in [0.1, 0.15) is 5.82 Å². The molecule has 0 aliphatic heterocycles. The van der Waals surface area contributed by atoms with E-state index in [1.165, 1.54) is 19.1 Å². The number of hydrogen-bond acceptors (Lipinski definition) is 2. The number of halogens is 2. The van der Waals surface area contributed by atoms with Crippen LogP contribution in [0.5, 0.6) is 0 Å². The van der Waals surface area contributed by atoms with Crippen LogP contribution in [0.4, 0.5) is 4.39 Å². The summed E-state index contributed by atoms with van der Waals surface area (Å²) in [5, 5.41) is 8.52. The van der Waals surface area contributed by atoms with Gasteiger partial charge in [0.2, 0.25) is 0 Å². The minimum Gasteiger partial charge on any atom is -0.479 e. The van der Waals surface area contributed by atoms with Gasteiger partial charge in [-0.1, -0.05) is 23.7 Å². The monoisotopic (exact) mass is 232 g/mol. The van der Waals surface area contributed by atoms with Crippen LogP contribution >= 0.6 is 11.6 Å². The van der Waals surface area contributed by atoms with Crippen molar-refractivity contribution >= 4 is 17.6 Å². The van der Waals surface area contributed by atoms with Crippen molar-refractivity contribution in [2.75, 3.05) is 0 Å². The van der Waals surface area contributed by atoms with Crippen LogP contribution in [0.1, 0.15) is 12.5 Å². The van der Waals surface area contributed by atoms with E-state index in [0.29, 0.717) is 5.56 Å². The maximum atomic E-state index is 13.0. The minimum atomic E-state index is -1.07. The highest BCUT2D eigenvalue weighted by molar-refractivity contribution is 6.31. The number of hydrogen-bond donors (Lipinski definition) is 1. The molecular formula is C10H10ClFO3. The van der Waals surface area contributed by atoms with Gasteiger partial charge in [0.15, 0.2) is 6.10 Å². The molecule has 0 spiro atoms. The molecule has 1 aromatic rings. The summed E-state index contributed by atoms with van der Waals surface area (Å²) in [6.45, 7) is 1.37. The van der Waals surface area contributed by atoms with Gasteiger partial charge in [0, 0.05) is 0 Å². The first kappa shape index (κ1) is 11.9. The smallest absolute Gasteiger partial charge is 0.332 e. The number of carboxylic acids is 1. The first-order chi connectivity index (χ1) is 7.02. The largest absolute Gasteiger partial charge is 0.479 e. The Morgan fingerprint density at radius 1 is 1.67 bits per heavy atom. The van der Waals surface area contributed by atoms with Gasteiger partial charge in [0.05, 0.1) is 11.6 Å². The number of benzene rings is 1. The highest BCUT2D eigenvalue weighted by Crippen LogP contribution is 2.20. The lowest BCUT2D eigenvalue weighted by molar-refractivity contribution is -0.149. The molecule has 0 aliphatic carbocycles. The molecule has 0 saturated heterocycles. The van der Waals surface area contributed by atoms with E-state index < -0.39 is 17.9 Å². The van der Waals surface area contributed by atoms with Crippen LogP contribution < -0.4 is 0 Å². The average molecular weight is 233 g/mol. The lowest BCUT2D eigenvalue weighted by Gasteiger charge is -2.09. The molecule has 0 saturated carbocycles. The third kappa shape index (κ3) is 3.18. The molecule has 0 amide bonds. The zero-order chi connectivity index (χ0) is 11.4. The lowest BCUT2D eigenvalue weighted by atomic mass is 10.2. The number of ether oxygens (including phenoxy) is 1. The average Bonchev–Trinajstić information content (AvgIpc) is 2.19. The second kappa shape index (κ2) is 5.09. The van der Waals surface area contributed by atoms with Crippen LogP contribution in [-0.4, -0.2) is 17.2 Å². The fraction of sp³-hybridized carbons (Fsp3) is 0.300. The summed E-state index contributed by atoms with van der Waals surface area (Å²) in [5.74, 6) is -1.61. The van der Waals surface area contributed by atoms with Crippen molar-refractivity contribution in [1.82, 2.24) is 0 Å². The number of rotatable bonds is 4. The molecule has 1 rings (SSSR count). The second-order valence-electron chi connectivity index (χ2n) is 3.00. The molecule has 15 heavy (non-hydrogen) atoms. The molecule has 0 heterocycles. The van der Waals surface area contributed by atoms with Crippen LogP contribution in [0, 0.1) is 5.82 Å². The van der Waals surface area contributed by atoms with E-state index in [0.717, 1.165) is 0 Å². The van der Waals surface area contributed by atoms with Crippen LogP contribution in [0.3, 0.4) is 0 Å². The van der Waals surface area contributed by atoms with Gasteiger partial charge in [-0.25, -0.2) is 9.18 Å². The molecule has 3 nitrogen and oxygen atoms in total. The van der Waals surface area contributed by atoms with Crippen molar-refractivity contribution in [1.29, 1.82) is 0 Å². The third-order valence-corrected chi connectivity index (χ3v) is 2.29. The molecule has 1 aromatic carbocycles. The van der Waals surface area contributed by atoms with Gasteiger partial charge in [-0.3, -0.25) is 0 Å². The van der Waals surface area contributed by atoms with E-state index in [1.54, 1.807) is 6.07 Å². The standard InChI is InChI=1S/C10H10ClFO3/c1-6(10(13)14)15-5-7-3-2-4-8(12)9(7)11/h2-4,6H,5H2,1H3,(H,13,14)/t6-/m1/s1. The first-order valence-corrected chi connectivity index (χ1v) is 4.67. The van der Waals surface area contributed by atoms with E-state index in [2.05, 4.69) is 0 Å². The predicted molar refractivity (Wildman–Crippen MR) is 53.3 cm³/mol. The van der Waals surface area contributed by atoms with Gasteiger partial charge in [-0.15, -0.1) is 0 Å². The van der Waals surface area contributed by atoms with Crippen LogP contribution in [0.25, 0.3) is 0 Å². The van der Waals surface area contributed by atoms with Gasteiger partial charge in [-0.05, 0) is 18.6 Å². The Morgan fingerprint density at radius 3 is 2.93 bits per heavy atom. The maximum absolute atomic E-state index is 13.0. The van der Waals surface area contributed by atoms with Crippen LogP contribution in [0.2, 0.25) is 5.02 Å². The third-order valence-electron chi connectivity index (χ3n) is 1.87. The van der Waals surface area contributed by atoms with Crippen LogP contribution in [-0.2, 0) is 16.1 Å². The highest BCUT2D eigenvalue weighted by Gasteiger charge is 2.12. The molecule has 0 fully saturated rings. The number of carboxylic acid groups (broad SMARTS) is 1. The topological polar surface area (TPSA) is 46.5 Å². The van der Waals surface area contributed by atoms with E-state index in [4.69, 9.17) is 21.4 Å². The Kier molecular flexibility index (Phi) is 4.05. The van der Waals surface area contributed by atoms with Crippen molar-refractivity contribution in [3.63, 3.8) is 0 Å². The van der Waals surface area contributed by atoms with Gasteiger partial charge < -0.3 is 9.84 Å². The normalized spacial score (nSPS) is 12.5. The molecule has 82 valence electrons. The summed E-state index contributed by atoms with van der Waals surface area (Å²) in [4.78, 5) is 10.4. The predicted octanol–water partition coefficient (Wildman–Crippen LogP) is 2.47. The summed E-state index contributed by atoms with van der Waals surface area (Å²) >= 11 is 5.65. The van der Waals surface area contributed by atoms with Crippen molar-refractivity contribution in [3.8, 4) is 0 Å². The highest BCUT2D eigenvalue weighted by atomic mass is 35.5. The Bertz CT molecular complexity index is 368. The molecule has 0 aromatic heterocycles. The Morgan fingerprint density at radius 2 is 2.33 bits per heavy atom. The summed E-state index contributed by atoms with van der Waals surface area (Å²) in [6.07, 6.45) is -0.940. The fourth-order valence-electron chi connectivity index (χ4n) is 0.946. The maximum Gasteiger partial charge on any atom is 0.332 e. The molecule has 0 radical (unpaired) electrons. The summed E-state index contributed by atoms with van der Waals surface area (Å²) in [6, 6.07) is 4.30. The number of aliphatic carboxylic acids is 1. The Labute approximate surface area is 91.4 Å². The molecule has 1 atom stereocenters. The second-order valence-corrected chi connectivity index (χ2v) is 3.38. The molecule has 1 N–H and O–H groups in total. The van der Waals surface area contributed by atoms with Crippen LogP contribution in [0.15, 0.2) is 18.2 Å². The summed E-state index contributed by atoms with van der Waals surface area (Å²) < 4.78 is 17.9. The van der Waals surface area contributed by atoms with Gasteiger partial charge >= 0.3 is 5.97 Å². The van der Waals surface area contributed by atoms with Crippen molar-refractivity contribution in [2.24, 2.45) is 0 Å². The SMILES string of the molecule is C[C@@H](OCc1cccc(F)c1Cl)C(=O)O. The van der Waals surface area contributed by atoms with Crippen molar-refractivity contribution in [2.45, 2.75) is 19.6 Å². The van der Waals surface area contributed by atoms with E-state index in [-0.39, 0.29) is 11.6 Å². The van der Waals surface area contributed by atoms with Gasteiger partial charge in [-0.2, -0.15) is 0 Å². The molecule has 5 heteroatoms. The Hall–Kier alpha value is -1.13. The lowest BCUT2D eigenvalue weighted by Crippen LogP contribution is -2.19. The minimum absolute atomic E-state index is 0.0237. The van der Waals surface area contributed by atoms with E-state index in [9.17, 15) is 9.18 Å². The zero-order valence-corrected chi connectivity index (χ0v) is 8.79. The fourth-order valence-corrected chi connectivity index (χ4v) is 1.13. The Balaban J connectivity index is 2.66. The molecular weight excluding hydrogens is 223 g/mol. The number of carbonyl (C=O) groups is 1. The summed E-state index contributed by atoms with van der Waals surface area (Å²) in [7, 11) is 0. The van der Waals surface area contributed by atoms with Crippen molar-refractivity contribution < 1.29 is 19.0 Å². The summed E-state index contributed by atoms with van der Waals surface area (Å²) in [5.41, 5.74) is 0.435. The molecule has 0 unspecified atom stereocenters. The first-order valence-electron chi connectivity index (χ1n) is 4.29.